The van der Waals surface area contributed by atoms with Crippen molar-refractivity contribution in [1.29, 1.82) is 0 Å². The summed E-state index contributed by atoms with van der Waals surface area (Å²) in [7, 11) is 0. The predicted molar refractivity (Wildman–Crippen MR) is 73.7 cm³/mol. The summed E-state index contributed by atoms with van der Waals surface area (Å²) in [6.07, 6.45) is 3.86. The zero-order valence-electron chi connectivity index (χ0n) is 11.9. The van der Waals surface area contributed by atoms with Gasteiger partial charge in [0.2, 0.25) is 5.24 Å². The van der Waals surface area contributed by atoms with Crippen molar-refractivity contribution in [3.8, 4) is 0 Å². The quantitative estimate of drug-likeness (QED) is 0.588. The van der Waals surface area contributed by atoms with Crippen molar-refractivity contribution in [1.82, 2.24) is 0 Å². The minimum Gasteiger partial charge on any atom is -0.462 e. The van der Waals surface area contributed by atoms with Gasteiger partial charge in [-0.15, -0.1) is 0 Å². The van der Waals surface area contributed by atoms with Gasteiger partial charge >= 0.3 is 5.97 Å². The normalized spacial score (nSPS) is 38.1. The molecule has 19 heavy (non-hydrogen) atoms. The van der Waals surface area contributed by atoms with Gasteiger partial charge in [0, 0.05) is 5.92 Å². The van der Waals surface area contributed by atoms with Crippen LogP contribution in [0.2, 0.25) is 0 Å². The van der Waals surface area contributed by atoms with Crippen LogP contribution in [0.15, 0.2) is 0 Å². The maximum Gasteiger partial charge on any atom is 0.310 e. The molecule has 3 nitrogen and oxygen atoms in total. The summed E-state index contributed by atoms with van der Waals surface area (Å²) >= 11 is 5.41. The number of ether oxygens (including phenoxy) is 1. The molecule has 2 aliphatic carbocycles. The van der Waals surface area contributed by atoms with Crippen LogP contribution in [0.1, 0.15) is 46.5 Å². The van der Waals surface area contributed by atoms with E-state index in [9.17, 15) is 9.59 Å². The van der Waals surface area contributed by atoms with Crippen LogP contribution >= 0.6 is 11.6 Å². The van der Waals surface area contributed by atoms with Crippen molar-refractivity contribution in [2.45, 2.75) is 52.6 Å². The highest BCUT2D eigenvalue weighted by molar-refractivity contribution is 6.64. The van der Waals surface area contributed by atoms with Gasteiger partial charge in [-0.2, -0.15) is 0 Å². The van der Waals surface area contributed by atoms with Crippen LogP contribution in [0.25, 0.3) is 0 Å². The summed E-state index contributed by atoms with van der Waals surface area (Å²) in [4.78, 5) is 23.0. The van der Waals surface area contributed by atoms with Crippen molar-refractivity contribution >= 4 is 22.8 Å². The maximum atomic E-state index is 12.0. The van der Waals surface area contributed by atoms with Crippen LogP contribution in [0.3, 0.4) is 0 Å². The SMILES string of the molecule is CC(C)[C@@H]1CC[C@@H](C)C[C@H]1OC(=O)[C@@H]1C[C@H]1C(=O)Cl. The summed E-state index contributed by atoms with van der Waals surface area (Å²) in [6, 6.07) is 0. The van der Waals surface area contributed by atoms with E-state index in [4.69, 9.17) is 16.3 Å². The number of carbonyl (C=O) groups excluding carboxylic acids is 2. The van der Waals surface area contributed by atoms with E-state index in [0.717, 1.165) is 12.8 Å². The molecule has 0 spiro atoms. The Kier molecular flexibility index (Phi) is 4.54. The van der Waals surface area contributed by atoms with Crippen molar-refractivity contribution in [2.24, 2.45) is 29.6 Å². The zero-order chi connectivity index (χ0) is 14.2. The summed E-state index contributed by atoms with van der Waals surface area (Å²) in [6.45, 7) is 6.58. The Morgan fingerprint density at radius 3 is 2.37 bits per heavy atom. The van der Waals surface area contributed by atoms with Gasteiger partial charge in [0.25, 0.3) is 0 Å². The van der Waals surface area contributed by atoms with Crippen molar-refractivity contribution in [3.63, 3.8) is 0 Å². The molecule has 2 saturated carbocycles. The molecule has 108 valence electrons. The first-order valence-electron chi connectivity index (χ1n) is 7.30. The molecule has 2 rings (SSSR count). The van der Waals surface area contributed by atoms with Crippen LogP contribution in [0.4, 0.5) is 0 Å². The fraction of sp³-hybridized carbons (Fsp3) is 0.867. The summed E-state index contributed by atoms with van der Waals surface area (Å²) in [5.41, 5.74) is 0. The summed E-state index contributed by atoms with van der Waals surface area (Å²) in [5, 5.41) is -0.403. The lowest BCUT2D eigenvalue weighted by atomic mass is 9.75. The third-order valence-corrected chi connectivity index (χ3v) is 4.89. The van der Waals surface area contributed by atoms with Crippen molar-refractivity contribution < 1.29 is 14.3 Å². The highest BCUT2D eigenvalue weighted by Crippen LogP contribution is 2.43. The van der Waals surface area contributed by atoms with E-state index in [1.807, 2.05) is 0 Å². The molecular formula is C15H23ClO3. The molecule has 2 fully saturated rings. The fourth-order valence-electron chi connectivity index (χ4n) is 3.19. The second-order valence-electron chi connectivity index (χ2n) is 6.55. The van der Waals surface area contributed by atoms with Gasteiger partial charge in [0.1, 0.15) is 6.10 Å². The van der Waals surface area contributed by atoms with Gasteiger partial charge in [-0.3, -0.25) is 9.59 Å². The molecule has 0 bridgehead atoms. The second-order valence-corrected chi connectivity index (χ2v) is 6.93. The van der Waals surface area contributed by atoms with Crippen LogP contribution in [-0.2, 0) is 14.3 Å². The molecule has 0 radical (unpaired) electrons. The van der Waals surface area contributed by atoms with Crippen LogP contribution in [-0.4, -0.2) is 17.3 Å². The first-order chi connectivity index (χ1) is 8.90. The third kappa shape index (κ3) is 3.50. The van der Waals surface area contributed by atoms with E-state index < -0.39 is 5.24 Å². The standard InChI is InChI=1S/C15H23ClO3/c1-8(2)10-5-4-9(3)6-13(10)19-15(18)12-7-11(12)14(16)17/h8-13H,4-7H2,1-3H3/t9-,10+,11-,12-,13-/m1/s1. The molecule has 0 aromatic heterocycles. The van der Waals surface area contributed by atoms with Crippen LogP contribution in [0.5, 0.6) is 0 Å². The molecule has 0 aromatic rings. The lowest BCUT2D eigenvalue weighted by molar-refractivity contribution is -0.158. The number of rotatable bonds is 4. The van der Waals surface area contributed by atoms with E-state index in [0.29, 0.717) is 24.2 Å². The van der Waals surface area contributed by atoms with Gasteiger partial charge in [-0.05, 0) is 48.6 Å². The number of halogens is 1. The van der Waals surface area contributed by atoms with Crippen LogP contribution in [0, 0.1) is 29.6 Å². The second kappa shape index (κ2) is 5.82. The van der Waals surface area contributed by atoms with Gasteiger partial charge in [-0.1, -0.05) is 27.2 Å². The average molecular weight is 287 g/mol. The van der Waals surface area contributed by atoms with Crippen molar-refractivity contribution in [3.05, 3.63) is 0 Å². The van der Waals surface area contributed by atoms with Gasteiger partial charge in [-0.25, -0.2) is 0 Å². The maximum absolute atomic E-state index is 12.0. The van der Waals surface area contributed by atoms with Crippen molar-refractivity contribution in [2.75, 3.05) is 0 Å². The smallest absolute Gasteiger partial charge is 0.310 e. The molecule has 0 saturated heterocycles. The molecule has 0 N–H and O–H groups in total. The first kappa shape index (κ1) is 14.8. The topological polar surface area (TPSA) is 43.4 Å². The third-order valence-electron chi connectivity index (χ3n) is 4.61. The first-order valence-corrected chi connectivity index (χ1v) is 7.67. The Labute approximate surface area is 120 Å². The molecule has 5 atom stereocenters. The minimum atomic E-state index is -0.403. The Morgan fingerprint density at radius 2 is 1.84 bits per heavy atom. The monoisotopic (exact) mass is 286 g/mol. The highest BCUT2D eigenvalue weighted by Gasteiger charge is 2.49. The number of carbonyl (C=O) groups is 2. The molecule has 0 unspecified atom stereocenters. The Morgan fingerprint density at radius 1 is 1.16 bits per heavy atom. The van der Waals surface area contributed by atoms with Gasteiger partial charge < -0.3 is 4.74 Å². The molecule has 0 amide bonds. The molecular weight excluding hydrogens is 264 g/mol. The van der Waals surface area contributed by atoms with Crippen LogP contribution < -0.4 is 0 Å². The molecule has 0 heterocycles. The molecule has 4 heteroatoms. The molecule has 2 aliphatic rings. The van der Waals surface area contributed by atoms with Gasteiger partial charge in [0.15, 0.2) is 0 Å². The summed E-state index contributed by atoms with van der Waals surface area (Å²) in [5.74, 6) is 0.781. The highest BCUT2D eigenvalue weighted by atomic mass is 35.5. The Bertz CT molecular complexity index is 366. The van der Waals surface area contributed by atoms with E-state index in [-0.39, 0.29) is 23.9 Å². The number of hydrogen-bond acceptors (Lipinski definition) is 3. The minimum absolute atomic E-state index is 0.0166. The molecule has 0 aliphatic heterocycles. The lowest BCUT2D eigenvalue weighted by Gasteiger charge is -2.36. The Hall–Kier alpha value is -0.570. The Balaban J connectivity index is 1.92. The molecule has 0 aromatic carbocycles. The largest absolute Gasteiger partial charge is 0.462 e. The fourth-order valence-corrected chi connectivity index (χ4v) is 3.43. The van der Waals surface area contributed by atoms with E-state index in [1.165, 1.54) is 6.42 Å². The van der Waals surface area contributed by atoms with E-state index in [1.54, 1.807) is 0 Å². The van der Waals surface area contributed by atoms with E-state index >= 15 is 0 Å². The number of esters is 1. The van der Waals surface area contributed by atoms with E-state index in [2.05, 4.69) is 20.8 Å². The predicted octanol–water partition coefficient (Wildman–Crippen LogP) is 3.39. The zero-order valence-corrected chi connectivity index (χ0v) is 12.7. The number of hydrogen-bond donors (Lipinski definition) is 0. The average Bonchev–Trinajstić information content (AvgIpc) is 3.08. The van der Waals surface area contributed by atoms with Gasteiger partial charge in [0.05, 0.1) is 5.92 Å². The summed E-state index contributed by atoms with van der Waals surface area (Å²) < 4.78 is 5.69. The lowest BCUT2D eigenvalue weighted by Crippen LogP contribution is -2.36.